The lowest BCUT2D eigenvalue weighted by atomic mass is 10.0. The van der Waals surface area contributed by atoms with E-state index >= 15 is 0 Å². The number of epoxide rings is 2. The molecular weight excluding hydrogens is 394 g/mol. The van der Waals surface area contributed by atoms with Crippen LogP contribution in [-0.4, -0.2) is 95.3 Å². The Hall–Kier alpha value is -2.24. The molecule has 0 saturated carbocycles. The number of amides is 3. The van der Waals surface area contributed by atoms with E-state index in [0.717, 1.165) is 5.69 Å². The molecule has 4 rings (SSSR count). The third-order valence-electron chi connectivity index (χ3n) is 4.93. The van der Waals surface area contributed by atoms with E-state index in [1.165, 1.54) is 4.90 Å². The van der Waals surface area contributed by atoms with Gasteiger partial charge in [-0.25, -0.2) is 4.79 Å². The fraction of sp³-hybridized carbons (Fsp3) is 0.600. The summed E-state index contributed by atoms with van der Waals surface area (Å²) in [6.45, 7) is 5.53. The van der Waals surface area contributed by atoms with Gasteiger partial charge in [0.1, 0.15) is 18.2 Å². The predicted molar refractivity (Wildman–Crippen MR) is 106 cm³/mol. The van der Waals surface area contributed by atoms with Crippen molar-refractivity contribution in [3.05, 3.63) is 30.3 Å². The number of carbonyl (C=O) groups is 2. The van der Waals surface area contributed by atoms with Gasteiger partial charge >= 0.3 is 6.03 Å². The van der Waals surface area contributed by atoms with Crippen LogP contribution >= 0.6 is 0 Å². The first-order chi connectivity index (χ1) is 14.3. The summed E-state index contributed by atoms with van der Waals surface area (Å²) >= 11 is 0. The minimum atomic E-state index is -0.837. The molecule has 0 radical (unpaired) electrons. The molecule has 1 aromatic rings. The maximum absolute atomic E-state index is 12.2. The zero-order valence-corrected chi connectivity index (χ0v) is 17.2. The number of hydrogen-bond donors (Lipinski definition) is 3. The largest absolute Gasteiger partial charge is 0.394 e. The van der Waals surface area contributed by atoms with E-state index in [-0.39, 0.29) is 37.4 Å². The third kappa shape index (κ3) is 5.89. The molecule has 166 valence electrons. The molecule has 3 atom stereocenters. The average Bonchev–Trinajstić information content (AvgIpc) is 3.65. The van der Waals surface area contributed by atoms with Crippen molar-refractivity contribution < 1.29 is 34.1 Å². The quantitative estimate of drug-likeness (QED) is 0.292. The van der Waals surface area contributed by atoms with Gasteiger partial charge in [0.05, 0.1) is 50.8 Å². The molecule has 0 bridgehead atoms. The number of para-hydroxylation sites is 1. The second-order valence-corrected chi connectivity index (χ2v) is 7.89. The second kappa shape index (κ2) is 9.71. The molecule has 0 aromatic heterocycles. The topological polar surface area (TPSA) is 127 Å². The number of aliphatic hydroxyl groups excluding tert-OH is 2. The van der Waals surface area contributed by atoms with Gasteiger partial charge in [-0.15, -0.1) is 0 Å². The second-order valence-electron chi connectivity index (χ2n) is 7.89. The number of carbonyl (C=O) groups excluding carboxylic acids is 2. The molecule has 3 amide bonds. The van der Waals surface area contributed by atoms with Crippen LogP contribution in [0.15, 0.2) is 30.3 Å². The van der Waals surface area contributed by atoms with Crippen molar-refractivity contribution in [3.8, 4) is 0 Å². The van der Waals surface area contributed by atoms with Crippen LogP contribution in [0.4, 0.5) is 10.5 Å². The Balaban J connectivity index is 0.000000178. The number of ether oxygens (including phenoxy) is 2. The van der Waals surface area contributed by atoms with Crippen LogP contribution in [-0.2, 0) is 19.1 Å². The van der Waals surface area contributed by atoms with Crippen LogP contribution in [0.3, 0.4) is 0 Å². The molecule has 30 heavy (non-hydrogen) atoms. The molecule has 3 N–H and O–H groups in total. The molecule has 3 saturated heterocycles. The lowest BCUT2D eigenvalue weighted by Crippen LogP contribution is -2.45. The SMILES string of the molecule is CC1(C)C(=O)N(CC2CO2)C(=O)N1CC1CO1.OCC(O)CONc1ccccc1. The molecule has 10 nitrogen and oxygen atoms in total. The Bertz CT molecular complexity index is 722. The maximum Gasteiger partial charge on any atom is 0.327 e. The Kier molecular flexibility index (Phi) is 7.27. The first kappa shape index (κ1) is 22.4. The van der Waals surface area contributed by atoms with Gasteiger partial charge in [0.25, 0.3) is 5.91 Å². The van der Waals surface area contributed by atoms with Gasteiger partial charge < -0.3 is 24.6 Å². The van der Waals surface area contributed by atoms with E-state index in [1.54, 1.807) is 18.7 Å². The number of nitrogens with one attached hydrogen (secondary N) is 1. The zero-order valence-electron chi connectivity index (χ0n) is 17.2. The third-order valence-corrected chi connectivity index (χ3v) is 4.93. The normalized spacial score (nSPS) is 24.9. The smallest absolute Gasteiger partial charge is 0.327 e. The molecule has 3 aliphatic heterocycles. The predicted octanol–water partition coefficient (Wildman–Crippen LogP) is 0.210. The van der Waals surface area contributed by atoms with Gasteiger partial charge in [0.2, 0.25) is 0 Å². The fourth-order valence-electron chi connectivity index (χ4n) is 2.92. The summed E-state index contributed by atoms with van der Waals surface area (Å²) < 4.78 is 10.2. The van der Waals surface area contributed by atoms with E-state index < -0.39 is 11.6 Å². The Labute approximate surface area is 175 Å². The Morgan fingerprint density at radius 3 is 2.33 bits per heavy atom. The fourth-order valence-corrected chi connectivity index (χ4v) is 2.92. The van der Waals surface area contributed by atoms with Crippen LogP contribution in [0.2, 0.25) is 0 Å². The molecule has 0 spiro atoms. The summed E-state index contributed by atoms with van der Waals surface area (Å²) in [5.41, 5.74) is 2.69. The van der Waals surface area contributed by atoms with Crippen molar-refractivity contribution in [2.24, 2.45) is 0 Å². The van der Waals surface area contributed by atoms with Gasteiger partial charge in [0, 0.05) is 0 Å². The highest BCUT2D eigenvalue weighted by Gasteiger charge is 2.53. The van der Waals surface area contributed by atoms with Gasteiger partial charge in [-0.1, -0.05) is 18.2 Å². The first-order valence-electron chi connectivity index (χ1n) is 9.91. The van der Waals surface area contributed by atoms with Crippen LogP contribution in [0.5, 0.6) is 0 Å². The summed E-state index contributed by atoms with van der Waals surface area (Å²) in [7, 11) is 0. The summed E-state index contributed by atoms with van der Waals surface area (Å²) in [6.07, 6.45) is -0.699. The summed E-state index contributed by atoms with van der Waals surface area (Å²) in [5.74, 6) is -0.140. The highest BCUT2D eigenvalue weighted by Crippen LogP contribution is 2.30. The van der Waals surface area contributed by atoms with E-state index in [0.29, 0.717) is 26.3 Å². The van der Waals surface area contributed by atoms with Crippen LogP contribution in [0.25, 0.3) is 0 Å². The highest BCUT2D eigenvalue weighted by atomic mass is 16.6. The van der Waals surface area contributed by atoms with Gasteiger partial charge in [-0.3, -0.25) is 20.0 Å². The van der Waals surface area contributed by atoms with Crippen molar-refractivity contribution in [1.82, 2.24) is 9.80 Å². The number of aliphatic hydroxyl groups is 2. The van der Waals surface area contributed by atoms with Crippen molar-refractivity contribution in [3.63, 3.8) is 0 Å². The minimum absolute atomic E-state index is 0.0378. The van der Waals surface area contributed by atoms with Crippen LogP contribution in [0, 0.1) is 0 Å². The number of hydrogen-bond acceptors (Lipinski definition) is 8. The number of rotatable bonds is 9. The molecule has 3 heterocycles. The van der Waals surface area contributed by atoms with E-state index in [1.807, 2.05) is 30.3 Å². The molecule has 10 heteroatoms. The number of benzene rings is 1. The first-order valence-corrected chi connectivity index (χ1v) is 9.91. The van der Waals surface area contributed by atoms with E-state index in [4.69, 9.17) is 24.5 Å². The standard InChI is InChI=1S/C11H16N2O4.C9H13NO3/c1-11(2)9(14)12(3-7-5-16-7)10(15)13(11)4-8-6-17-8;11-6-9(12)7-13-10-8-4-2-1-3-5-8/h7-8H,3-6H2,1-2H3;1-5,9-12H,6-7H2. The molecule has 1 aromatic carbocycles. The molecule has 3 fully saturated rings. The van der Waals surface area contributed by atoms with Crippen molar-refractivity contribution in [2.45, 2.75) is 37.7 Å². The number of urea groups is 1. The number of nitrogens with zero attached hydrogens (tertiary/aromatic N) is 2. The summed E-state index contributed by atoms with van der Waals surface area (Å²) in [5, 5.41) is 17.4. The van der Waals surface area contributed by atoms with E-state index in [2.05, 4.69) is 5.48 Å². The van der Waals surface area contributed by atoms with E-state index in [9.17, 15) is 9.59 Å². The van der Waals surface area contributed by atoms with Crippen molar-refractivity contribution in [2.75, 3.05) is 45.0 Å². The lowest BCUT2D eigenvalue weighted by molar-refractivity contribution is -0.132. The average molecular weight is 423 g/mol. The van der Waals surface area contributed by atoms with Gasteiger partial charge in [0.15, 0.2) is 0 Å². The van der Waals surface area contributed by atoms with Gasteiger partial charge in [-0.2, -0.15) is 0 Å². The maximum atomic E-state index is 12.2. The minimum Gasteiger partial charge on any atom is -0.394 e. The summed E-state index contributed by atoms with van der Waals surface area (Å²) in [4.78, 5) is 32.2. The molecule has 3 aliphatic rings. The monoisotopic (exact) mass is 423 g/mol. The van der Waals surface area contributed by atoms with Crippen molar-refractivity contribution >= 4 is 17.6 Å². The van der Waals surface area contributed by atoms with Gasteiger partial charge in [-0.05, 0) is 26.0 Å². The number of anilines is 1. The van der Waals surface area contributed by atoms with Crippen LogP contribution < -0.4 is 5.48 Å². The van der Waals surface area contributed by atoms with Crippen LogP contribution in [0.1, 0.15) is 13.8 Å². The zero-order chi connectivity index (χ0) is 21.7. The number of imide groups is 1. The molecular formula is C20H29N3O7. The lowest BCUT2D eigenvalue weighted by Gasteiger charge is -2.26. The highest BCUT2D eigenvalue weighted by molar-refractivity contribution is 6.06. The van der Waals surface area contributed by atoms with Crippen molar-refractivity contribution in [1.29, 1.82) is 0 Å². The Morgan fingerprint density at radius 1 is 1.17 bits per heavy atom. The Morgan fingerprint density at radius 2 is 1.77 bits per heavy atom. The molecule has 3 unspecified atom stereocenters. The summed E-state index contributed by atoms with van der Waals surface area (Å²) in [6, 6.07) is 9.10. The molecule has 0 aliphatic carbocycles.